The number of aryl methyl sites for hydroxylation is 2. The van der Waals surface area contributed by atoms with Crippen molar-refractivity contribution in [2.45, 2.75) is 38.1 Å². The normalized spacial score (nSPS) is 22.1. The molecule has 5 rings (SSSR count). The lowest BCUT2D eigenvalue weighted by Gasteiger charge is -2.33. The van der Waals surface area contributed by atoms with Crippen molar-refractivity contribution in [3.63, 3.8) is 0 Å². The van der Waals surface area contributed by atoms with Gasteiger partial charge in [-0.1, -0.05) is 0 Å². The lowest BCUT2D eigenvalue weighted by molar-refractivity contribution is -0.137. The number of amides is 1. The van der Waals surface area contributed by atoms with Crippen LogP contribution in [-0.4, -0.2) is 49.0 Å². The summed E-state index contributed by atoms with van der Waals surface area (Å²) in [6, 6.07) is 3.89. The lowest BCUT2D eigenvalue weighted by atomic mass is 10.1. The summed E-state index contributed by atoms with van der Waals surface area (Å²) in [5, 5.41) is 0. The molecule has 0 radical (unpaired) electrons. The van der Waals surface area contributed by atoms with E-state index in [1.807, 2.05) is 30.8 Å². The second-order valence-electron chi connectivity index (χ2n) is 8.67. The van der Waals surface area contributed by atoms with E-state index in [1.54, 1.807) is 17.3 Å². The lowest BCUT2D eigenvalue weighted by Crippen LogP contribution is -2.47. The Hall–Kier alpha value is -3.43. The number of hydrogen-bond donors (Lipinski definition) is 0. The number of imidazole rings is 1. The Morgan fingerprint density at radius 3 is 2.61 bits per heavy atom. The molecule has 4 heterocycles. The second-order valence-corrected chi connectivity index (χ2v) is 8.67. The van der Waals surface area contributed by atoms with Gasteiger partial charge < -0.3 is 14.2 Å². The van der Waals surface area contributed by atoms with Crippen molar-refractivity contribution in [1.82, 2.24) is 24.4 Å². The SMILES string of the molecule is Cc1cnc(C(=O)N2CC3CC2[C@@H](Oc2ccc(C(F)(F)F)cn2)C3)c(-c2nccn2C)c1. The van der Waals surface area contributed by atoms with E-state index in [0.717, 1.165) is 30.7 Å². The van der Waals surface area contributed by atoms with Crippen LogP contribution in [-0.2, 0) is 13.2 Å². The van der Waals surface area contributed by atoms with Gasteiger partial charge in [-0.05, 0) is 43.4 Å². The molecule has 3 aromatic heterocycles. The highest BCUT2D eigenvalue weighted by Crippen LogP contribution is 2.41. The number of nitrogens with zero attached hydrogens (tertiary/aromatic N) is 5. The largest absolute Gasteiger partial charge is 0.472 e. The molecule has 2 bridgehead atoms. The number of halogens is 3. The van der Waals surface area contributed by atoms with E-state index >= 15 is 0 Å². The predicted molar refractivity (Wildman–Crippen MR) is 112 cm³/mol. The third-order valence-electron chi connectivity index (χ3n) is 6.31. The zero-order valence-electron chi connectivity index (χ0n) is 18.1. The number of pyridine rings is 2. The summed E-state index contributed by atoms with van der Waals surface area (Å²) < 4.78 is 46.2. The predicted octanol–water partition coefficient (Wildman–Crippen LogP) is 3.89. The molecule has 7 nitrogen and oxygen atoms in total. The van der Waals surface area contributed by atoms with E-state index in [0.29, 0.717) is 23.6 Å². The van der Waals surface area contributed by atoms with Crippen LogP contribution in [0.5, 0.6) is 5.88 Å². The number of carbonyl (C=O) groups excluding carboxylic acids is 1. The van der Waals surface area contributed by atoms with Gasteiger partial charge in [0.05, 0.1) is 11.6 Å². The van der Waals surface area contributed by atoms with Gasteiger partial charge in [0.2, 0.25) is 5.88 Å². The van der Waals surface area contributed by atoms with E-state index in [4.69, 9.17) is 4.74 Å². The number of piperidine rings is 1. The van der Waals surface area contributed by atoms with Crippen molar-refractivity contribution in [3.8, 4) is 17.3 Å². The maximum absolute atomic E-state index is 13.6. The highest BCUT2D eigenvalue weighted by molar-refractivity contribution is 5.98. The molecule has 2 aliphatic rings. The van der Waals surface area contributed by atoms with Crippen LogP contribution in [0.4, 0.5) is 13.2 Å². The molecule has 3 aromatic rings. The van der Waals surface area contributed by atoms with Crippen LogP contribution in [0, 0.1) is 12.8 Å². The van der Waals surface area contributed by atoms with Crippen LogP contribution in [0.15, 0.2) is 43.0 Å². The van der Waals surface area contributed by atoms with Crippen molar-refractivity contribution in [1.29, 1.82) is 0 Å². The van der Waals surface area contributed by atoms with Crippen LogP contribution < -0.4 is 4.74 Å². The summed E-state index contributed by atoms with van der Waals surface area (Å²) in [7, 11) is 1.86. The number of rotatable bonds is 4. The summed E-state index contributed by atoms with van der Waals surface area (Å²) in [5.41, 5.74) is 1.08. The van der Waals surface area contributed by atoms with Gasteiger partial charge in [-0.15, -0.1) is 0 Å². The van der Waals surface area contributed by atoms with Crippen molar-refractivity contribution < 1.29 is 22.7 Å². The summed E-state index contributed by atoms with van der Waals surface area (Å²) >= 11 is 0. The molecule has 1 saturated carbocycles. The fourth-order valence-corrected chi connectivity index (χ4v) is 4.77. The zero-order chi connectivity index (χ0) is 23.3. The van der Waals surface area contributed by atoms with Gasteiger partial charge in [-0.3, -0.25) is 9.78 Å². The molecule has 2 fully saturated rings. The minimum Gasteiger partial charge on any atom is -0.472 e. The average molecular weight is 457 g/mol. The molecular weight excluding hydrogens is 435 g/mol. The van der Waals surface area contributed by atoms with Gasteiger partial charge in [-0.25, -0.2) is 9.97 Å². The van der Waals surface area contributed by atoms with Crippen LogP contribution >= 0.6 is 0 Å². The summed E-state index contributed by atoms with van der Waals surface area (Å²) in [4.78, 5) is 28.0. The van der Waals surface area contributed by atoms with Gasteiger partial charge in [-0.2, -0.15) is 13.2 Å². The van der Waals surface area contributed by atoms with E-state index in [9.17, 15) is 18.0 Å². The Morgan fingerprint density at radius 2 is 1.97 bits per heavy atom. The van der Waals surface area contributed by atoms with Gasteiger partial charge in [0.15, 0.2) is 0 Å². The molecule has 0 aromatic carbocycles. The number of fused-ring (bicyclic) bond motifs is 2. The molecule has 0 N–H and O–H groups in total. The summed E-state index contributed by atoms with van der Waals surface area (Å²) in [5.74, 6) is 0.838. The number of likely N-dealkylation sites (tertiary alicyclic amines) is 1. The first-order chi connectivity index (χ1) is 15.7. The Bertz CT molecular complexity index is 1190. The monoisotopic (exact) mass is 457 g/mol. The number of aromatic nitrogens is 4. The van der Waals surface area contributed by atoms with Gasteiger partial charge in [0.25, 0.3) is 5.91 Å². The Morgan fingerprint density at radius 1 is 1.15 bits per heavy atom. The second kappa shape index (κ2) is 7.86. The number of ether oxygens (including phenoxy) is 1. The maximum Gasteiger partial charge on any atom is 0.417 e. The highest BCUT2D eigenvalue weighted by atomic mass is 19.4. The smallest absolute Gasteiger partial charge is 0.417 e. The number of hydrogen-bond acceptors (Lipinski definition) is 5. The van der Waals surface area contributed by atoms with Crippen molar-refractivity contribution in [2.24, 2.45) is 13.0 Å². The molecule has 1 aliphatic heterocycles. The molecule has 1 aliphatic carbocycles. The van der Waals surface area contributed by atoms with Crippen LogP contribution in [0.2, 0.25) is 0 Å². The standard InChI is InChI=1S/C23H22F3N5O2/c1-13-7-16(21-27-5-6-30(21)2)20(29-10-13)22(32)31-12-14-8-17(31)18(9-14)33-19-4-3-15(11-28-19)23(24,25)26/h3-7,10-11,14,17-18H,8-9,12H2,1-2H3/t14?,17?,18-/m0/s1. The fourth-order valence-electron chi connectivity index (χ4n) is 4.77. The summed E-state index contributed by atoms with van der Waals surface area (Å²) in [6.45, 7) is 2.51. The van der Waals surface area contributed by atoms with Crippen LogP contribution in [0.25, 0.3) is 11.4 Å². The van der Waals surface area contributed by atoms with Crippen molar-refractivity contribution >= 4 is 5.91 Å². The first-order valence-corrected chi connectivity index (χ1v) is 10.7. The summed E-state index contributed by atoms with van der Waals surface area (Å²) in [6.07, 6.45) is 2.63. The van der Waals surface area contributed by atoms with Crippen LogP contribution in [0.3, 0.4) is 0 Å². The van der Waals surface area contributed by atoms with Crippen LogP contribution in [0.1, 0.15) is 34.5 Å². The number of carbonyl (C=O) groups is 1. The van der Waals surface area contributed by atoms with E-state index in [-0.39, 0.29) is 29.9 Å². The maximum atomic E-state index is 13.6. The van der Waals surface area contributed by atoms with E-state index in [1.165, 1.54) is 6.07 Å². The third kappa shape index (κ3) is 3.94. The first kappa shape index (κ1) is 21.4. The molecule has 2 unspecified atom stereocenters. The van der Waals surface area contributed by atoms with E-state index < -0.39 is 11.7 Å². The Kier molecular flexibility index (Phi) is 5.10. The zero-order valence-corrected chi connectivity index (χ0v) is 18.1. The molecular formula is C23H22F3N5O2. The van der Waals surface area contributed by atoms with Gasteiger partial charge >= 0.3 is 6.18 Å². The van der Waals surface area contributed by atoms with E-state index in [2.05, 4.69) is 15.0 Å². The number of alkyl halides is 3. The Labute approximate surface area is 188 Å². The first-order valence-electron chi connectivity index (χ1n) is 10.7. The van der Waals surface area contributed by atoms with Crippen molar-refractivity contribution in [2.75, 3.05) is 6.54 Å². The van der Waals surface area contributed by atoms with Gasteiger partial charge in [0, 0.05) is 50.0 Å². The quantitative estimate of drug-likeness (QED) is 0.595. The molecule has 3 atom stereocenters. The van der Waals surface area contributed by atoms with Gasteiger partial charge in [0.1, 0.15) is 17.6 Å². The molecule has 0 spiro atoms. The average Bonchev–Trinajstić information content (AvgIpc) is 3.48. The third-order valence-corrected chi connectivity index (χ3v) is 6.31. The molecule has 10 heteroatoms. The molecule has 1 amide bonds. The van der Waals surface area contributed by atoms with Crippen molar-refractivity contribution in [3.05, 3.63) is 59.8 Å². The minimum absolute atomic E-state index is 0.120. The highest BCUT2D eigenvalue weighted by Gasteiger charge is 2.49. The molecule has 33 heavy (non-hydrogen) atoms. The topological polar surface area (TPSA) is 73.1 Å². The molecule has 172 valence electrons. The molecule has 1 saturated heterocycles. The Balaban J connectivity index is 1.38. The fraction of sp³-hybridized carbons (Fsp3) is 0.391. The minimum atomic E-state index is -4.45.